The molecule has 2 aliphatic rings. The van der Waals surface area contributed by atoms with Gasteiger partial charge in [-0.05, 0) is 112 Å². The second kappa shape index (κ2) is 18.4. The van der Waals surface area contributed by atoms with Crippen molar-refractivity contribution in [3.63, 3.8) is 0 Å². The highest BCUT2D eigenvalue weighted by atomic mass is 28.4. The molecule has 0 aromatic heterocycles. The molecule has 0 saturated carbocycles. The van der Waals surface area contributed by atoms with Gasteiger partial charge in [0.1, 0.15) is 5.75 Å². The van der Waals surface area contributed by atoms with Crippen molar-refractivity contribution < 1.29 is 34.1 Å². The summed E-state index contributed by atoms with van der Waals surface area (Å²) in [4.78, 5) is 42.3. The Kier molecular flexibility index (Phi) is 14.1. The number of aryl methyl sites for hydroxylation is 1. The Morgan fingerprint density at radius 2 is 1.75 bits per heavy atom. The summed E-state index contributed by atoms with van der Waals surface area (Å²) in [5, 5.41) is 22.3. The number of fused-ring (bicyclic) bond motifs is 1. The highest BCUT2D eigenvalue weighted by molar-refractivity contribution is 6.71. The molecule has 0 spiro atoms. The van der Waals surface area contributed by atoms with Crippen LogP contribution in [0.2, 0.25) is 18.6 Å². The highest BCUT2D eigenvalue weighted by Crippen LogP contribution is 2.46. The van der Waals surface area contributed by atoms with Crippen molar-refractivity contribution in [1.29, 1.82) is 0 Å². The smallest absolute Gasteiger partial charge is 0.249 e. The van der Waals surface area contributed by atoms with Crippen LogP contribution >= 0.6 is 0 Å². The van der Waals surface area contributed by atoms with Gasteiger partial charge in [0.05, 0.1) is 43.6 Å². The van der Waals surface area contributed by atoms with Gasteiger partial charge in [0.25, 0.3) is 0 Å². The van der Waals surface area contributed by atoms with Crippen LogP contribution in [0.3, 0.4) is 0 Å². The molecular weight excluding hydrogens is 675 g/mol. The van der Waals surface area contributed by atoms with Gasteiger partial charge in [0, 0.05) is 30.9 Å². The average molecular weight is 732 g/mol. The first-order valence-corrected chi connectivity index (χ1v) is 21.9. The first-order valence-electron chi connectivity index (χ1n) is 18.9. The minimum Gasteiger partial charge on any atom is -0.494 e. The van der Waals surface area contributed by atoms with Crippen LogP contribution in [0.4, 0.5) is 11.4 Å². The van der Waals surface area contributed by atoms with Crippen molar-refractivity contribution >= 4 is 31.5 Å². The van der Waals surface area contributed by atoms with Crippen molar-refractivity contribution in [2.24, 2.45) is 5.92 Å². The van der Waals surface area contributed by atoms with Crippen molar-refractivity contribution in [2.45, 2.75) is 95.8 Å². The standard InChI is InChI=1S/C41H57N3O7Si/c1-5-50-34-18-19-36-32(25-34)26-35(42-21-9-10-23-45)41(48)44(36)33-16-13-30(14-17-33)15-20-37-29(2)40(52(3,4)49)38(51-37)27-39(47)43(22-24-46)28-31-11-7-6-8-12-31/h6-8,11-14,16-19,25,29,35,37-38,40,42,45-46,49H,5,9-10,15,20-24,26-28H2,1-4H3/t29-,35?,37+,38-,40+/m0/s1. The van der Waals surface area contributed by atoms with E-state index in [0.29, 0.717) is 32.5 Å². The summed E-state index contributed by atoms with van der Waals surface area (Å²) in [5.74, 6) is 0.768. The molecule has 282 valence electrons. The summed E-state index contributed by atoms with van der Waals surface area (Å²) >= 11 is 0. The van der Waals surface area contributed by atoms with E-state index in [1.165, 1.54) is 0 Å². The van der Waals surface area contributed by atoms with E-state index in [2.05, 4.69) is 24.4 Å². The lowest BCUT2D eigenvalue weighted by molar-refractivity contribution is -0.135. The van der Waals surface area contributed by atoms with E-state index in [0.717, 1.165) is 53.1 Å². The number of aliphatic hydroxyl groups is 2. The second-order valence-electron chi connectivity index (χ2n) is 14.7. The van der Waals surface area contributed by atoms with Gasteiger partial charge >= 0.3 is 0 Å². The van der Waals surface area contributed by atoms with Gasteiger partial charge in [-0.15, -0.1) is 0 Å². The summed E-state index contributed by atoms with van der Waals surface area (Å²) < 4.78 is 12.4. The third-order valence-corrected chi connectivity index (χ3v) is 13.0. The molecule has 3 aromatic rings. The molecular formula is C41H57N3O7Si. The average Bonchev–Trinajstić information content (AvgIpc) is 3.44. The summed E-state index contributed by atoms with van der Waals surface area (Å²) in [6.45, 7) is 9.82. The van der Waals surface area contributed by atoms with Crippen molar-refractivity contribution in [1.82, 2.24) is 10.2 Å². The SMILES string of the molecule is CCOc1ccc2c(c1)CC(NCCCCO)C(=O)N2c1ccc(CC[C@H]2O[C@@H](CC(=O)N(CCO)Cc3ccccc3)[C@H]([Si](C)(C)O)[C@H]2C)cc1. The molecule has 4 N–H and O–H groups in total. The number of anilines is 2. The topological polar surface area (TPSA) is 132 Å². The molecule has 5 rings (SSSR count). The van der Waals surface area contributed by atoms with E-state index < -0.39 is 14.4 Å². The lowest BCUT2D eigenvalue weighted by atomic mass is 9.94. The van der Waals surface area contributed by atoms with Gasteiger partial charge in [-0.3, -0.25) is 14.5 Å². The summed E-state index contributed by atoms with van der Waals surface area (Å²) in [5.41, 5.74) is 4.70. The first-order chi connectivity index (χ1) is 25.0. The quantitative estimate of drug-likeness (QED) is 0.102. The van der Waals surface area contributed by atoms with Gasteiger partial charge < -0.3 is 34.7 Å². The fourth-order valence-corrected chi connectivity index (χ4v) is 10.6. The van der Waals surface area contributed by atoms with Crippen molar-refractivity contribution in [3.05, 3.63) is 89.5 Å². The number of hydrogen-bond donors (Lipinski definition) is 4. The number of ether oxygens (including phenoxy) is 2. The largest absolute Gasteiger partial charge is 0.494 e. The molecule has 3 aromatic carbocycles. The molecule has 0 bridgehead atoms. The minimum atomic E-state index is -2.69. The Bertz CT molecular complexity index is 1600. The van der Waals surface area contributed by atoms with Gasteiger partial charge in [-0.25, -0.2) is 0 Å². The molecule has 1 unspecified atom stereocenters. The minimum absolute atomic E-state index is 0.00896. The van der Waals surface area contributed by atoms with Crippen LogP contribution in [0.25, 0.3) is 0 Å². The number of nitrogens with one attached hydrogen (secondary N) is 1. The van der Waals surface area contributed by atoms with Crippen LogP contribution in [0.15, 0.2) is 72.8 Å². The highest BCUT2D eigenvalue weighted by Gasteiger charge is 2.50. The number of aliphatic hydroxyl groups excluding tert-OH is 2. The zero-order valence-electron chi connectivity index (χ0n) is 31.2. The first kappa shape index (κ1) is 39.6. The molecule has 2 aliphatic heterocycles. The van der Waals surface area contributed by atoms with Crippen LogP contribution in [0, 0.1) is 5.92 Å². The third-order valence-electron chi connectivity index (χ3n) is 10.5. The van der Waals surface area contributed by atoms with Crippen molar-refractivity contribution in [2.75, 3.05) is 37.8 Å². The van der Waals surface area contributed by atoms with E-state index in [-0.39, 0.29) is 61.6 Å². The molecule has 0 aliphatic carbocycles. The fraction of sp³-hybridized carbons (Fsp3) is 0.512. The summed E-state index contributed by atoms with van der Waals surface area (Å²) in [6, 6.07) is 23.4. The Morgan fingerprint density at radius 3 is 2.42 bits per heavy atom. The zero-order valence-corrected chi connectivity index (χ0v) is 32.2. The molecule has 5 atom stereocenters. The number of hydrogen-bond acceptors (Lipinski definition) is 8. The molecule has 10 nitrogen and oxygen atoms in total. The Balaban J connectivity index is 1.27. The second-order valence-corrected chi connectivity index (χ2v) is 18.7. The maximum Gasteiger partial charge on any atom is 0.249 e. The number of unbranched alkanes of at least 4 members (excludes halogenated alkanes) is 1. The van der Waals surface area contributed by atoms with E-state index >= 15 is 0 Å². The van der Waals surface area contributed by atoms with Crippen molar-refractivity contribution in [3.8, 4) is 5.75 Å². The molecule has 0 radical (unpaired) electrons. The maximum atomic E-state index is 13.9. The monoisotopic (exact) mass is 731 g/mol. The van der Waals surface area contributed by atoms with E-state index in [1.54, 1.807) is 9.80 Å². The lowest BCUT2D eigenvalue weighted by Gasteiger charge is -2.35. The number of rotatable bonds is 18. The Labute approximate surface area is 309 Å². The number of nitrogens with zero attached hydrogens (tertiary/aromatic N) is 2. The lowest BCUT2D eigenvalue weighted by Crippen LogP contribution is -2.49. The van der Waals surface area contributed by atoms with Crippen LogP contribution in [0.5, 0.6) is 5.75 Å². The van der Waals surface area contributed by atoms with Crippen LogP contribution in [-0.2, 0) is 33.7 Å². The molecule has 1 fully saturated rings. The fourth-order valence-electron chi connectivity index (χ4n) is 7.97. The van der Waals surface area contributed by atoms with E-state index in [9.17, 15) is 24.6 Å². The normalized spacial score (nSPS) is 21.6. The number of carbonyl (C=O) groups is 2. The number of amides is 2. The van der Waals surface area contributed by atoms with Gasteiger partial charge in [-0.1, -0.05) is 49.4 Å². The molecule has 52 heavy (non-hydrogen) atoms. The van der Waals surface area contributed by atoms with Crippen LogP contribution in [-0.4, -0.2) is 91.2 Å². The van der Waals surface area contributed by atoms with Crippen LogP contribution < -0.4 is 15.0 Å². The zero-order chi connectivity index (χ0) is 37.3. The Hall–Kier alpha value is -3.58. The molecule has 2 amide bonds. The van der Waals surface area contributed by atoms with Gasteiger partial charge in [0.2, 0.25) is 11.8 Å². The summed E-state index contributed by atoms with van der Waals surface area (Å²) in [7, 11) is -2.69. The van der Waals surface area contributed by atoms with Gasteiger partial charge in [0.15, 0.2) is 8.32 Å². The number of carbonyl (C=O) groups excluding carboxylic acids is 2. The molecule has 2 heterocycles. The number of benzene rings is 3. The van der Waals surface area contributed by atoms with E-state index in [4.69, 9.17) is 9.47 Å². The maximum absolute atomic E-state index is 13.9. The predicted octanol–water partition coefficient (Wildman–Crippen LogP) is 5.35. The third kappa shape index (κ3) is 9.88. The Morgan fingerprint density at radius 1 is 1.00 bits per heavy atom. The van der Waals surface area contributed by atoms with Crippen LogP contribution in [0.1, 0.15) is 56.2 Å². The van der Waals surface area contributed by atoms with E-state index in [1.807, 2.05) is 80.7 Å². The van der Waals surface area contributed by atoms with Gasteiger partial charge in [-0.2, -0.15) is 0 Å². The molecule has 11 heteroatoms. The predicted molar refractivity (Wildman–Crippen MR) is 206 cm³/mol. The molecule has 1 saturated heterocycles. The summed E-state index contributed by atoms with van der Waals surface area (Å²) in [6.07, 6.45) is 3.18.